The molecule has 1 aliphatic rings. The lowest BCUT2D eigenvalue weighted by molar-refractivity contribution is -0.126. The molecule has 0 unspecified atom stereocenters. The highest BCUT2D eigenvalue weighted by Crippen LogP contribution is 2.28. The molecule has 2 aromatic rings. The van der Waals surface area contributed by atoms with E-state index in [-0.39, 0.29) is 23.7 Å². The van der Waals surface area contributed by atoms with Crippen LogP contribution in [0.3, 0.4) is 0 Å². The molecular formula is C29H39ClFN5O2S. The molecule has 0 spiro atoms. The number of nitrogens with two attached hydrogens (primary N) is 1. The van der Waals surface area contributed by atoms with Crippen molar-refractivity contribution in [1.29, 1.82) is 0 Å². The molecule has 1 fully saturated rings. The number of hydrogen-bond acceptors (Lipinski definition) is 5. The average Bonchev–Trinajstić information content (AvgIpc) is 2.94. The molecule has 5 N–H and O–H groups in total. The highest BCUT2D eigenvalue weighted by molar-refractivity contribution is 7.99. The first-order chi connectivity index (χ1) is 18.8. The van der Waals surface area contributed by atoms with Crippen LogP contribution in [0.15, 0.2) is 47.6 Å². The first kappa shape index (κ1) is 30.9. The minimum Gasteiger partial charge on any atom is -0.352 e. The van der Waals surface area contributed by atoms with Crippen LogP contribution >= 0.6 is 23.4 Å². The number of thioether (sulfide) groups is 1. The summed E-state index contributed by atoms with van der Waals surface area (Å²) in [6.07, 6.45) is 4.04. The van der Waals surface area contributed by atoms with Crippen LogP contribution in [0.5, 0.6) is 0 Å². The van der Waals surface area contributed by atoms with E-state index in [1.165, 1.54) is 23.4 Å². The summed E-state index contributed by atoms with van der Waals surface area (Å²) in [4.78, 5) is 25.0. The first-order valence-corrected chi connectivity index (χ1v) is 15.0. The third-order valence-electron chi connectivity index (χ3n) is 7.08. The number of carbonyl (C=O) groups excluding carboxylic acids is 2. The molecule has 39 heavy (non-hydrogen) atoms. The Kier molecular flexibility index (Phi) is 12.6. The van der Waals surface area contributed by atoms with Crippen LogP contribution in [0, 0.1) is 24.6 Å². The third-order valence-corrected chi connectivity index (χ3v) is 8.43. The normalized spacial score (nSPS) is 18.3. The van der Waals surface area contributed by atoms with Crippen LogP contribution in [0.4, 0.5) is 9.18 Å². The lowest BCUT2D eigenvalue weighted by Crippen LogP contribution is -2.40. The Hall–Kier alpha value is -2.62. The van der Waals surface area contributed by atoms with Crippen molar-refractivity contribution in [3.8, 4) is 0 Å². The Labute approximate surface area is 239 Å². The topological polar surface area (TPSA) is 109 Å². The van der Waals surface area contributed by atoms with E-state index in [1.54, 1.807) is 12.1 Å². The van der Waals surface area contributed by atoms with Crippen molar-refractivity contribution in [2.75, 3.05) is 12.3 Å². The standard InChI is InChI=1S/C29H39ClFN5O2S/c1-3-26(32)27(18-39-17-23-24(30)5-4-6-25(23)31)35-36-29(38)34-16-21-11-13-22(14-12-21)28(37)33-15-20-9-7-19(2)8-10-20/h4-10,21-22,26H,3,11-18,32H2,1-2H3,(H,33,37)(H2,34,36,38)/b35-27-/t21?,22?,26-/m0/s1. The number of nitrogens with one attached hydrogen (secondary N) is 3. The van der Waals surface area contributed by atoms with Gasteiger partial charge in [-0.2, -0.15) is 16.9 Å². The van der Waals surface area contributed by atoms with Gasteiger partial charge in [0, 0.05) is 47.1 Å². The maximum absolute atomic E-state index is 14.0. The molecule has 1 atom stereocenters. The van der Waals surface area contributed by atoms with Gasteiger partial charge in [-0.15, -0.1) is 0 Å². The summed E-state index contributed by atoms with van der Waals surface area (Å²) in [6.45, 7) is 5.05. The number of carbonyl (C=O) groups is 2. The maximum atomic E-state index is 14.0. The zero-order chi connectivity index (χ0) is 28.2. The molecule has 1 saturated carbocycles. The number of urea groups is 1. The average molecular weight is 576 g/mol. The summed E-state index contributed by atoms with van der Waals surface area (Å²) in [5, 5.41) is 10.6. The van der Waals surface area contributed by atoms with Gasteiger partial charge in [0.25, 0.3) is 0 Å². The molecular weight excluding hydrogens is 537 g/mol. The van der Waals surface area contributed by atoms with E-state index in [0.29, 0.717) is 53.2 Å². The van der Waals surface area contributed by atoms with Crippen molar-refractivity contribution >= 4 is 41.0 Å². The molecule has 10 heteroatoms. The molecule has 0 bridgehead atoms. The second-order valence-electron chi connectivity index (χ2n) is 10.1. The first-order valence-electron chi connectivity index (χ1n) is 13.5. The molecule has 0 aliphatic heterocycles. The molecule has 0 heterocycles. The van der Waals surface area contributed by atoms with Gasteiger partial charge in [0.2, 0.25) is 5.91 Å². The number of amides is 3. The molecule has 3 amide bonds. The molecule has 1 aliphatic carbocycles. The van der Waals surface area contributed by atoms with Gasteiger partial charge in [-0.05, 0) is 62.6 Å². The van der Waals surface area contributed by atoms with Crippen LogP contribution in [0.25, 0.3) is 0 Å². The lowest BCUT2D eigenvalue weighted by atomic mass is 9.81. The van der Waals surface area contributed by atoms with Crippen molar-refractivity contribution in [3.63, 3.8) is 0 Å². The summed E-state index contributed by atoms with van der Waals surface area (Å²) in [5.41, 5.74) is 12.1. The summed E-state index contributed by atoms with van der Waals surface area (Å²) < 4.78 is 14.0. The molecule has 0 aromatic heterocycles. The van der Waals surface area contributed by atoms with Gasteiger partial charge in [-0.25, -0.2) is 14.6 Å². The fraction of sp³-hybridized carbons (Fsp3) is 0.483. The summed E-state index contributed by atoms with van der Waals surface area (Å²) in [5.74, 6) is 0.904. The van der Waals surface area contributed by atoms with Gasteiger partial charge in [-0.1, -0.05) is 54.4 Å². The van der Waals surface area contributed by atoms with Crippen LogP contribution in [0.2, 0.25) is 5.02 Å². The van der Waals surface area contributed by atoms with Gasteiger partial charge >= 0.3 is 6.03 Å². The number of benzene rings is 2. The Bertz CT molecular complexity index is 1100. The Balaban J connectivity index is 1.37. The number of rotatable bonds is 12. The van der Waals surface area contributed by atoms with Gasteiger partial charge in [0.15, 0.2) is 0 Å². The fourth-order valence-electron chi connectivity index (χ4n) is 4.45. The molecule has 0 saturated heterocycles. The molecule has 0 radical (unpaired) electrons. The molecule has 3 rings (SSSR count). The van der Waals surface area contributed by atoms with E-state index >= 15 is 0 Å². The van der Waals surface area contributed by atoms with Crippen molar-refractivity contribution in [1.82, 2.24) is 16.1 Å². The van der Waals surface area contributed by atoms with Crippen LogP contribution in [-0.4, -0.2) is 36.0 Å². The van der Waals surface area contributed by atoms with E-state index in [4.69, 9.17) is 17.3 Å². The number of hydrazone groups is 1. The SMILES string of the molecule is CC[C@H](N)/C(CSCc1c(F)cccc1Cl)=N\NC(=O)NCC1CCC(C(=O)NCc2ccc(C)cc2)CC1. The summed E-state index contributed by atoms with van der Waals surface area (Å²) in [6, 6.07) is 12.1. The predicted molar refractivity (Wildman–Crippen MR) is 158 cm³/mol. The predicted octanol–water partition coefficient (Wildman–Crippen LogP) is 5.54. The van der Waals surface area contributed by atoms with Gasteiger partial charge in [-0.3, -0.25) is 4.79 Å². The van der Waals surface area contributed by atoms with Gasteiger partial charge in [0.1, 0.15) is 5.82 Å². The largest absolute Gasteiger partial charge is 0.352 e. The lowest BCUT2D eigenvalue weighted by Gasteiger charge is -2.27. The van der Waals surface area contributed by atoms with Crippen LogP contribution in [-0.2, 0) is 17.1 Å². The summed E-state index contributed by atoms with van der Waals surface area (Å²) >= 11 is 7.55. The molecule has 7 nitrogen and oxygen atoms in total. The van der Waals surface area contributed by atoms with Crippen molar-refractivity contribution < 1.29 is 14.0 Å². The van der Waals surface area contributed by atoms with E-state index in [1.807, 2.05) is 38.1 Å². The maximum Gasteiger partial charge on any atom is 0.335 e. The molecule has 212 valence electrons. The van der Waals surface area contributed by atoms with E-state index in [2.05, 4.69) is 21.2 Å². The van der Waals surface area contributed by atoms with Gasteiger partial charge in [0.05, 0.1) is 5.71 Å². The highest BCUT2D eigenvalue weighted by Gasteiger charge is 2.26. The third kappa shape index (κ3) is 10.1. The number of hydrogen-bond donors (Lipinski definition) is 4. The minimum absolute atomic E-state index is 0.0138. The highest BCUT2D eigenvalue weighted by atomic mass is 35.5. The minimum atomic E-state index is -0.393. The molecule has 2 aromatic carbocycles. The van der Waals surface area contributed by atoms with Crippen molar-refractivity contribution in [2.24, 2.45) is 22.7 Å². The van der Waals surface area contributed by atoms with E-state index < -0.39 is 6.03 Å². The van der Waals surface area contributed by atoms with E-state index in [0.717, 1.165) is 31.2 Å². The van der Waals surface area contributed by atoms with E-state index in [9.17, 15) is 14.0 Å². The number of nitrogens with zero attached hydrogens (tertiary/aromatic N) is 1. The monoisotopic (exact) mass is 575 g/mol. The summed E-state index contributed by atoms with van der Waals surface area (Å²) in [7, 11) is 0. The van der Waals surface area contributed by atoms with Gasteiger partial charge < -0.3 is 16.4 Å². The Morgan fingerprint density at radius 2 is 1.85 bits per heavy atom. The van der Waals surface area contributed by atoms with Crippen LogP contribution in [0.1, 0.15) is 55.7 Å². The zero-order valence-electron chi connectivity index (χ0n) is 22.6. The fourth-order valence-corrected chi connectivity index (χ4v) is 5.85. The number of halogens is 2. The van der Waals surface area contributed by atoms with Crippen molar-refractivity contribution in [2.45, 2.75) is 64.3 Å². The number of aryl methyl sites for hydroxylation is 1. The second kappa shape index (κ2) is 15.8. The zero-order valence-corrected chi connectivity index (χ0v) is 24.2. The van der Waals surface area contributed by atoms with Crippen molar-refractivity contribution in [3.05, 3.63) is 70.0 Å². The van der Waals surface area contributed by atoms with Crippen LogP contribution < -0.4 is 21.8 Å². The second-order valence-corrected chi connectivity index (χ2v) is 11.4. The smallest absolute Gasteiger partial charge is 0.335 e. The Morgan fingerprint density at radius 1 is 1.13 bits per heavy atom. The Morgan fingerprint density at radius 3 is 2.51 bits per heavy atom. The quantitative estimate of drug-likeness (QED) is 0.197.